The molecule has 1 amide bonds. The summed E-state index contributed by atoms with van der Waals surface area (Å²) < 4.78 is 11.2. The number of carbonyl (C=O) groups excluding carboxylic acids is 1. The molecule has 0 radical (unpaired) electrons. The van der Waals surface area contributed by atoms with Gasteiger partial charge < -0.3 is 19.5 Å². The van der Waals surface area contributed by atoms with Crippen molar-refractivity contribution in [3.63, 3.8) is 0 Å². The molecule has 1 saturated heterocycles. The van der Waals surface area contributed by atoms with Crippen molar-refractivity contribution in [2.24, 2.45) is 5.92 Å². The van der Waals surface area contributed by atoms with E-state index < -0.39 is 0 Å². The lowest BCUT2D eigenvalue weighted by Gasteiger charge is -2.31. The molecular formula is C22H28N2O4. The molecule has 6 heteroatoms. The number of nitrogens with zero attached hydrogens (tertiary/aromatic N) is 2. The average molecular weight is 384 g/mol. The Labute approximate surface area is 166 Å². The van der Waals surface area contributed by atoms with Crippen LogP contribution in [-0.2, 0) is 11.3 Å². The second-order valence-electron chi connectivity index (χ2n) is 7.41. The highest BCUT2D eigenvalue weighted by Gasteiger charge is 2.24. The minimum atomic E-state index is -0.221. The number of amides is 1. The Balaban J connectivity index is 1.46. The number of piperidine rings is 1. The predicted molar refractivity (Wildman–Crippen MR) is 107 cm³/mol. The number of aromatic nitrogens is 1. The summed E-state index contributed by atoms with van der Waals surface area (Å²) in [5.41, 5.74) is 2.76. The fourth-order valence-corrected chi connectivity index (χ4v) is 3.19. The van der Waals surface area contributed by atoms with Crippen molar-refractivity contribution in [1.82, 2.24) is 9.88 Å². The standard InChI is InChI=1S/C22H28N2O4/c1-16(2)28-22(26)24-11-9-18(10-12-24)15-27-20-7-8-21(23-13-20)19-5-3-17(14-25)4-6-19/h3-8,13,16,18,25H,9-12,14-15H2,1-2H3. The summed E-state index contributed by atoms with van der Waals surface area (Å²) in [4.78, 5) is 18.2. The molecule has 0 unspecified atom stereocenters. The van der Waals surface area contributed by atoms with Crippen LogP contribution >= 0.6 is 0 Å². The van der Waals surface area contributed by atoms with Crippen LogP contribution in [0.1, 0.15) is 32.3 Å². The molecule has 2 heterocycles. The topological polar surface area (TPSA) is 71.9 Å². The summed E-state index contributed by atoms with van der Waals surface area (Å²) in [6.07, 6.45) is 3.26. The van der Waals surface area contributed by atoms with Crippen molar-refractivity contribution in [3.05, 3.63) is 48.2 Å². The van der Waals surface area contributed by atoms with Crippen molar-refractivity contribution < 1.29 is 19.4 Å². The van der Waals surface area contributed by atoms with Crippen molar-refractivity contribution in [2.45, 2.75) is 39.4 Å². The third-order valence-electron chi connectivity index (χ3n) is 4.86. The molecule has 1 fully saturated rings. The van der Waals surface area contributed by atoms with E-state index in [0.29, 0.717) is 25.6 Å². The average Bonchev–Trinajstić information content (AvgIpc) is 2.72. The second kappa shape index (κ2) is 9.55. The molecular weight excluding hydrogens is 356 g/mol. The van der Waals surface area contributed by atoms with E-state index in [1.165, 1.54) is 0 Å². The Morgan fingerprint density at radius 3 is 2.46 bits per heavy atom. The first-order valence-corrected chi connectivity index (χ1v) is 9.79. The third kappa shape index (κ3) is 5.45. The zero-order chi connectivity index (χ0) is 19.9. The molecule has 1 aliphatic rings. The molecule has 0 bridgehead atoms. The molecule has 6 nitrogen and oxygen atoms in total. The summed E-state index contributed by atoms with van der Waals surface area (Å²) in [5, 5.41) is 9.12. The van der Waals surface area contributed by atoms with Crippen molar-refractivity contribution in [3.8, 4) is 17.0 Å². The highest BCUT2D eigenvalue weighted by Crippen LogP contribution is 2.22. The predicted octanol–water partition coefficient (Wildman–Crippen LogP) is 3.88. The van der Waals surface area contributed by atoms with Crippen molar-refractivity contribution in [2.75, 3.05) is 19.7 Å². The number of carbonyl (C=O) groups is 1. The maximum Gasteiger partial charge on any atom is 0.410 e. The quantitative estimate of drug-likeness (QED) is 0.818. The number of pyridine rings is 1. The van der Waals surface area contributed by atoms with Gasteiger partial charge in [-0.25, -0.2) is 4.79 Å². The maximum absolute atomic E-state index is 11.9. The van der Waals surface area contributed by atoms with Gasteiger partial charge in [0.15, 0.2) is 0 Å². The van der Waals surface area contributed by atoms with Crippen LogP contribution in [0.25, 0.3) is 11.3 Å². The fraction of sp³-hybridized carbons (Fsp3) is 0.455. The van der Waals surface area contributed by atoms with E-state index in [4.69, 9.17) is 14.6 Å². The van der Waals surface area contributed by atoms with Gasteiger partial charge in [-0.05, 0) is 50.3 Å². The van der Waals surface area contributed by atoms with Gasteiger partial charge in [-0.1, -0.05) is 24.3 Å². The van der Waals surface area contributed by atoms with E-state index >= 15 is 0 Å². The van der Waals surface area contributed by atoms with Gasteiger partial charge in [-0.2, -0.15) is 0 Å². The Hall–Kier alpha value is -2.60. The molecule has 0 saturated carbocycles. The molecule has 1 aromatic heterocycles. The molecule has 150 valence electrons. The summed E-state index contributed by atoms with van der Waals surface area (Å²) in [7, 11) is 0. The van der Waals surface area contributed by atoms with Crippen LogP contribution in [0, 0.1) is 5.92 Å². The minimum Gasteiger partial charge on any atom is -0.492 e. The van der Waals surface area contributed by atoms with E-state index in [1.54, 1.807) is 11.1 Å². The van der Waals surface area contributed by atoms with E-state index in [9.17, 15) is 4.79 Å². The first-order chi connectivity index (χ1) is 13.5. The van der Waals surface area contributed by atoms with Crippen LogP contribution in [0.5, 0.6) is 5.75 Å². The lowest BCUT2D eigenvalue weighted by molar-refractivity contribution is 0.0608. The molecule has 0 spiro atoms. The van der Waals surface area contributed by atoms with Crippen LogP contribution < -0.4 is 4.74 Å². The van der Waals surface area contributed by atoms with Crippen molar-refractivity contribution in [1.29, 1.82) is 0 Å². The zero-order valence-electron chi connectivity index (χ0n) is 16.5. The van der Waals surface area contributed by atoms with Crippen molar-refractivity contribution >= 4 is 6.09 Å². The molecule has 2 aromatic rings. The Morgan fingerprint density at radius 2 is 1.89 bits per heavy atom. The Kier molecular flexibility index (Phi) is 6.87. The van der Waals surface area contributed by atoms with Gasteiger partial charge in [0.1, 0.15) is 5.75 Å². The number of aliphatic hydroxyl groups excluding tert-OH is 1. The lowest BCUT2D eigenvalue weighted by atomic mass is 9.98. The number of aliphatic hydroxyl groups is 1. The highest BCUT2D eigenvalue weighted by atomic mass is 16.6. The molecule has 0 atom stereocenters. The maximum atomic E-state index is 11.9. The van der Waals surface area contributed by atoms with Crippen LogP contribution in [0.4, 0.5) is 4.79 Å². The molecule has 0 aliphatic carbocycles. The smallest absolute Gasteiger partial charge is 0.410 e. The number of rotatable bonds is 6. The second-order valence-corrected chi connectivity index (χ2v) is 7.41. The van der Waals surface area contributed by atoms with E-state index in [0.717, 1.165) is 35.4 Å². The molecule has 3 rings (SSSR count). The summed E-state index contributed by atoms with van der Waals surface area (Å²) in [6.45, 7) is 5.81. The van der Waals surface area contributed by atoms with Gasteiger partial charge in [0, 0.05) is 18.7 Å². The van der Waals surface area contributed by atoms with E-state index in [1.807, 2.05) is 50.2 Å². The number of hydrogen-bond donors (Lipinski definition) is 1. The summed E-state index contributed by atoms with van der Waals surface area (Å²) in [5.74, 6) is 1.17. The number of likely N-dealkylation sites (tertiary alicyclic amines) is 1. The van der Waals surface area contributed by atoms with Crippen LogP contribution in [0.3, 0.4) is 0 Å². The molecule has 28 heavy (non-hydrogen) atoms. The fourth-order valence-electron chi connectivity index (χ4n) is 3.19. The summed E-state index contributed by atoms with van der Waals surface area (Å²) >= 11 is 0. The van der Waals surface area contributed by atoms with Gasteiger partial charge in [0.05, 0.1) is 31.2 Å². The van der Waals surface area contributed by atoms with Crippen LogP contribution in [-0.4, -0.2) is 46.9 Å². The molecule has 1 aliphatic heterocycles. The molecule has 1 N–H and O–H groups in total. The van der Waals surface area contributed by atoms with E-state index in [2.05, 4.69) is 4.98 Å². The Bertz CT molecular complexity index is 751. The van der Waals surface area contributed by atoms with Gasteiger partial charge in [0.2, 0.25) is 0 Å². The number of benzene rings is 1. The normalized spacial score (nSPS) is 14.9. The minimum absolute atomic E-state index is 0.0400. The first-order valence-electron chi connectivity index (χ1n) is 9.79. The van der Waals surface area contributed by atoms with Gasteiger partial charge >= 0.3 is 6.09 Å². The van der Waals surface area contributed by atoms with E-state index in [-0.39, 0.29) is 18.8 Å². The Morgan fingerprint density at radius 1 is 1.18 bits per heavy atom. The highest BCUT2D eigenvalue weighted by molar-refractivity contribution is 5.67. The van der Waals surface area contributed by atoms with Crippen LogP contribution in [0.15, 0.2) is 42.6 Å². The lowest BCUT2D eigenvalue weighted by Crippen LogP contribution is -2.40. The largest absolute Gasteiger partial charge is 0.492 e. The van der Waals surface area contributed by atoms with Crippen LogP contribution in [0.2, 0.25) is 0 Å². The SMILES string of the molecule is CC(C)OC(=O)N1CCC(COc2ccc(-c3ccc(CO)cc3)nc2)CC1. The monoisotopic (exact) mass is 384 g/mol. The van der Waals surface area contributed by atoms with Gasteiger partial charge in [-0.3, -0.25) is 4.98 Å². The first kappa shape index (κ1) is 20.1. The third-order valence-corrected chi connectivity index (χ3v) is 4.86. The van der Waals surface area contributed by atoms with Gasteiger partial charge in [-0.15, -0.1) is 0 Å². The number of hydrogen-bond acceptors (Lipinski definition) is 5. The van der Waals surface area contributed by atoms with Gasteiger partial charge in [0.25, 0.3) is 0 Å². The zero-order valence-corrected chi connectivity index (χ0v) is 16.5. The molecule has 1 aromatic carbocycles. The number of ether oxygens (including phenoxy) is 2. The summed E-state index contributed by atoms with van der Waals surface area (Å²) in [6, 6.07) is 11.6.